The summed E-state index contributed by atoms with van der Waals surface area (Å²) in [6.07, 6.45) is 3.14. The largest absolute Gasteiger partial charge is 0.443 e. The zero-order valence-electron chi connectivity index (χ0n) is 11.3. The molecule has 0 aromatic carbocycles. The van der Waals surface area contributed by atoms with Crippen molar-refractivity contribution in [3.63, 3.8) is 0 Å². The second-order valence-corrected chi connectivity index (χ2v) is 6.95. The molecule has 1 saturated heterocycles. The first-order chi connectivity index (χ1) is 8.37. The third kappa shape index (κ3) is 1.73. The molecule has 4 nitrogen and oxygen atoms in total. The number of likely N-dealkylation sites (tertiary alicyclic amines) is 1. The Morgan fingerprint density at radius 1 is 1.28 bits per heavy atom. The molecule has 4 heteroatoms. The van der Waals surface area contributed by atoms with Gasteiger partial charge in [0.15, 0.2) is 0 Å². The lowest BCUT2D eigenvalue weighted by molar-refractivity contribution is -0.131. The maximum absolute atomic E-state index is 12.3. The van der Waals surface area contributed by atoms with Gasteiger partial charge in [-0.3, -0.25) is 4.79 Å². The van der Waals surface area contributed by atoms with Crippen LogP contribution in [0.5, 0.6) is 0 Å². The number of nitrogens with zero attached hydrogens (tertiary/aromatic N) is 1. The van der Waals surface area contributed by atoms with Crippen LogP contribution in [0, 0.1) is 23.7 Å². The van der Waals surface area contributed by atoms with Crippen LogP contribution in [-0.2, 0) is 9.53 Å². The summed E-state index contributed by atoms with van der Waals surface area (Å²) in [5, 5.41) is 0. The van der Waals surface area contributed by atoms with Gasteiger partial charge in [0.2, 0.25) is 5.91 Å². The number of amides is 2. The monoisotopic (exact) mass is 251 g/mol. The van der Waals surface area contributed by atoms with Crippen molar-refractivity contribution in [3.05, 3.63) is 0 Å². The molecule has 2 saturated carbocycles. The molecule has 0 spiro atoms. The first-order valence-corrected chi connectivity index (χ1v) is 6.91. The molecular weight excluding hydrogens is 230 g/mol. The molecule has 4 unspecified atom stereocenters. The van der Waals surface area contributed by atoms with E-state index in [4.69, 9.17) is 4.74 Å². The Hall–Kier alpha value is -1.06. The Morgan fingerprint density at radius 3 is 2.56 bits per heavy atom. The summed E-state index contributed by atoms with van der Waals surface area (Å²) in [5.41, 5.74) is -0.534. The highest BCUT2D eigenvalue weighted by atomic mass is 16.6. The zero-order valence-corrected chi connectivity index (χ0v) is 11.3. The Bertz CT molecular complexity index is 398. The van der Waals surface area contributed by atoms with E-state index in [-0.39, 0.29) is 11.8 Å². The first kappa shape index (κ1) is 12.0. The van der Waals surface area contributed by atoms with E-state index in [0.717, 1.165) is 0 Å². The number of fused-ring (bicyclic) bond motifs is 5. The van der Waals surface area contributed by atoms with E-state index in [0.29, 0.717) is 24.3 Å². The van der Waals surface area contributed by atoms with Gasteiger partial charge in [-0.1, -0.05) is 0 Å². The second-order valence-electron chi connectivity index (χ2n) is 6.95. The van der Waals surface area contributed by atoms with E-state index in [1.54, 1.807) is 0 Å². The van der Waals surface area contributed by atoms with E-state index >= 15 is 0 Å². The summed E-state index contributed by atoms with van der Waals surface area (Å²) in [5.74, 6) is 1.72. The second kappa shape index (κ2) is 3.72. The predicted molar refractivity (Wildman–Crippen MR) is 65.8 cm³/mol. The Morgan fingerprint density at radius 2 is 1.94 bits per heavy atom. The standard InChI is InChI=1S/C14H21NO3/c1-14(2,3)18-13(17)15-7-10-8-4-5-9(6-8)11(10)12(15)16/h8-11H,4-7H2,1-3H3. The highest BCUT2D eigenvalue weighted by Gasteiger charge is 2.57. The van der Waals surface area contributed by atoms with Gasteiger partial charge in [-0.2, -0.15) is 0 Å². The third-order valence-corrected chi connectivity index (χ3v) is 4.65. The van der Waals surface area contributed by atoms with Crippen LogP contribution in [0.3, 0.4) is 0 Å². The van der Waals surface area contributed by atoms with Crippen LogP contribution >= 0.6 is 0 Å². The van der Waals surface area contributed by atoms with E-state index < -0.39 is 11.7 Å². The van der Waals surface area contributed by atoms with Crippen molar-refractivity contribution < 1.29 is 14.3 Å². The van der Waals surface area contributed by atoms with Crippen LogP contribution in [0.4, 0.5) is 4.79 Å². The number of ether oxygens (including phenoxy) is 1. The van der Waals surface area contributed by atoms with Crippen molar-refractivity contribution in [1.29, 1.82) is 0 Å². The minimum atomic E-state index is -0.534. The zero-order chi connectivity index (χ0) is 13.1. The molecule has 3 aliphatic rings. The van der Waals surface area contributed by atoms with E-state index in [9.17, 15) is 9.59 Å². The molecule has 1 aliphatic heterocycles. The average Bonchev–Trinajstić information content (AvgIpc) is 2.87. The Kier molecular flexibility index (Phi) is 2.48. The van der Waals surface area contributed by atoms with Crippen molar-refractivity contribution in [2.45, 2.75) is 45.6 Å². The van der Waals surface area contributed by atoms with Crippen molar-refractivity contribution in [1.82, 2.24) is 4.90 Å². The lowest BCUT2D eigenvalue weighted by Gasteiger charge is -2.24. The molecule has 2 bridgehead atoms. The molecule has 2 aliphatic carbocycles. The van der Waals surface area contributed by atoms with E-state index in [1.165, 1.54) is 24.2 Å². The van der Waals surface area contributed by atoms with Gasteiger partial charge in [-0.25, -0.2) is 9.69 Å². The van der Waals surface area contributed by atoms with E-state index in [1.807, 2.05) is 20.8 Å². The number of hydrogen-bond acceptors (Lipinski definition) is 3. The van der Waals surface area contributed by atoms with Crippen LogP contribution in [0.15, 0.2) is 0 Å². The van der Waals surface area contributed by atoms with Gasteiger partial charge in [0, 0.05) is 12.5 Å². The highest BCUT2D eigenvalue weighted by molar-refractivity contribution is 5.95. The molecule has 0 aromatic heterocycles. The lowest BCUT2D eigenvalue weighted by Crippen LogP contribution is -2.39. The Balaban J connectivity index is 1.73. The van der Waals surface area contributed by atoms with Crippen LogP contribution in [0.1, 0.15) is 40.0 Å². The molecule has 0 aromatic rings. The van der Waals surface area contributed by atoms with Crippen molar-refractivity contribution in [2.75, 3.05) is 6.54 Å². The number of hydrogen-bond donors (Lipinski definition) is 0. The summed E-state index contributed by atoms with van der Waals surface area (Å²) in [6.45, 7) is 6.07. The molecular formula is C14H21NO3. The van der Waals surface area contributed by atoms with Crippen LogP contribution in [0.25, 0.3) is 0 Å². The molecule has 18 heavy (non-hydrogen) atoms. The average molecular weight is 251 g/mol. The van der Waals surface area contributed by atoms with E-state index in [2.05, 4.69) is 0 Å². The topological polar surface area (TPSA) is 46.6 Å². The summed E-state index contributed by atoms with van der Waals surface area (Å²) in [6, 6.07) is 0. The molecule has 3 rings (SSSR count). The summed E-state index contributed by atoms with van der Waals surface area (Å²) in [7, 11) is 0. The van der Waals surface area contributed by atoms with Gasteiger partial charge >= 0.3 is 6.09 Å². The fourth-order valence-corrected chi connectivity index (χ4v) is 4.02. The minimum absolute atomic E-state index is 0.0152. The highest BCUT2D eigenvalue weighted by Crippen LogP contribution is 2.55. The maximum Gasteiger partial charge on any atom is 0.417 e. The van der Waals surface area contributed by atoms with Crippen molar-refractivity contribution in [2.24, 2.45) is 23.7 Å². The first-order valence-electron chi connectivity index (χ1n) is 6.91. The third-order valence-electron chi connectivity index (χ3n) is 4.65. The molecule has 2 amide bonds. The number of carbonyl (C=O) groups excluding carboxylic acids is 2. The van der Waals surface area contributed by atoms with Crippen LogP contribution in [0.2, 0.25) is 0 Å². The molecule has 1 heterocycles. The molecule has 100 valence electrons. The number of carbonyl (C=O) groups is 2. The van der Waals surface area contributed by atoms with Crippen LogP contribution in [-0.4, -0.2) is 29.0 Å². The summed E-state index contributed by atoms with van der Waals surface area (Å²) < 4.78 is 5.31. The van der Waals surface area contributed by atoms with Gasteiger partial charge in [0.25, 0.3) is 0 Å². The molecule has 4 atom stereocenters. The maximum atomic E-state index is 12.3. The SMILES string of the molecule is CC(C)(C)OC(=O)N1CC2C3CCC(C3)C2C1=O. The molecule has 3 fully saturated rings. The molecule has 0 radical (unpaired) electrons. The van der Waals surface area contributed by atoms with Gasteiger partial charge in [-0.15, -0.1) is 0 Å². The van der Waals surface area contributed by atoms with Gasteiger partial charge in [0.05, 0.1) is 0 Å². The Labute approximate surface area is 108 Å². The quantitative estimate of drug-likeness (QED) is 0.664. The fourth-order valence-electron chi connectivity index (χ4n) is 4.02. The van der Waals surface area contributed by atoms with Gasteiger partial charge in [-0.05, 0) is 57.8 Å². The van der Waals surface area contributed by atoms with Crippen LogP contribution < -0.4 is 0 Å². The fraction of sp³-hybridized carbons (Fsp3) is 0.857. The molecule has 0 N–H and O–H groups in total. The lowest BCUT2D eigenvalue weighted by atomic mass is 9.81. The van der Waals surface area contributed by atoms with Gasteiger partial charge in [0.1, 0.15) is 5.60 Å². The normalized spacial score (nSPS) is 38.2. The summed E-state index contributed by atoms with van der Waals surface area (Å²) >= 11 is 0. The van der Waals surface area contributed by atoms with Crippen molar-refractivity contribution in [3.8, 4) is 0 Å². The number of rotatable bonds is 0. The van der Waals surface area contributed by atoms with Crippen molar-refractivity contribution >= 4 is 12.0 Å². The summed E-state index contributed by atoms with van der Waals surface area (Å²) in [4.78, 5) is 25.7. The minimum Gasteiger partial charge on any atom is -0.443 e. The smallest absolute Gasteiger partial charge is 0.417 e. The van der Waals surface area contributed by atoms with Gasteiger partial charge < -0.3 is 4.74 Å². The number of imide groups is 1. The predicted octanol–water partition coefficient (Wildman–Crippen LogP) is 2.43.